The number of fused-ring (bicyclic) bond motifs is 1. The summed E-state index contributed by atoms with van der Waals surface area (Å²) in [7, 11) is 0. The van der Waals surface area contributed by atoms with Gasteiger partial charge in [0.15, 0.2) is 6.10 Å². The summed E-state index contributed by atoms with van der Waals surface area (Å²) in [4.78, 5) is 51.1. The molecule has 2 rings (SSSR count). The van der Waals surface area contributed by atoms with Gasteiger partial charge in [-0.25, -0.2) is 4.79 Å². The van der Waals surface area contributed by atoms with Crippen LogP contribution in [0.25, 0.3) is 0 Å². The summed E-state index contributed by atoms with van der Waals surface area (Å²) in [6, 6.07) is 5.33. The summed E-state index contributed by atoms with van der Waals surface area (Å²) >= 11 is 1.31. The first kappa shape index (κ1) is 21.0. The molecule has 1 heterocycles. The Morgan fingerprint density at radius 3 is 2.11 bits per heavy atom. The minimum absolute atomic E-state index is 0.178. The van der Waals surface area contributed by atoms with Gasteiger partial charge in [0.25, 0.3) is 17.7 Å². The Labute approximate surface area is 162 Å². The van der Waals surface area contributed by atoms with Crippen LogP contribution in [0, 0.1) is 0 Å². The molecule has 146 valence electrons. The number of nitrogens with zero attached hydrogens (tertiary/aromatic N) is 1. The van der Waals surface area contributed by atoms with Crippen LogP contribution < -0.4 is 5.32 Å². The van der Waals surface area contributed by atoms with Gasteiger partial charge in [-0.1, -0.05) is 12.1 Å². The van der Waals surface area contributed by atoms with Crippen LogP contribution in [0.3, 0.4) is 0 Å². The molecule has 2 atom stereocenters. The second-order valence-corrected chi connectivity index (χ2v) is 8.23. The van der Waals surface area contributed by atoms with Crippen molar-refractivity contribution in [2.45, 2.75) is 45.4 Å². The zero-order chi connectivity index (χ0) is 20.4. The third-order valence-electron chi connectivity index (χ3n) is 3.89. The van der Waals surface area contributed by atoms with E-state index in [2.05, 4.69) is 5.32 Å². The third kappa shape index (κ3) is 4.68. The first-order valence-electron chi connectivity index (χ1n) is 8.55. The Balaban J connectivity index is 2.18. The van der Waals surface area contributed by atoms with Crippen LogP contribution in [0.4, 0.5) is 0 Å². The van der Waals surface area contributed by atoms with Crippen molar-refractivity contribution in [2.24, 2.45) is 0 Å². The van der Waals surface area contributed by atoms with Crippen LogP contribution in [0.15, 0.2) is 24.3 Å². The van der Waals surface area contributed by atoms with Gasteiger partial charge in [-0.05, 0) is 46.1 Å². The van der Waals surface area contributed by atoms with E-state index in [0.29, 0.717) is 0 Å². The fraction of sp³-hybridized carbons (Fsp3) is 0.474. The summed E-state index contributed by atoms with van der Waals surface area (Å²) in [5.41, 5.74) is 0.0544. The number of rotatable bonds is 6. The molecule has 0 bridgehead atoms. The van der Waals surface area contributed by atoms with Crippen molar-refractivity contribution in [3.8, 4) is 0 Å². The number of carbonyl (C=O) groups is 4. The predicted molar refractivity (Wildman–Crippen MR) is 103 cm³/mol. The summed E-state index contributed by atoms with van der Waals surface area (Å²) in [6.07, 6.45) is 0.713. The van der Waals surface area contributed by atoms with Gasteiger partial charge in [0, 0.05) is 11.3 Å². The SMILES string of the molecule is CSC[C@H](C(=O)O[C@H](C)C(=O)NC(C)(C)C)N1C(=O)c2ccccc2C1=O. The molecule has 0 fully saturated rings. The second-order valence-electron chi connectivity index (χ2n) is 7.32. The number of amides is 3. The van der Waals surface area contributed by atoms with Gasteiger partial charge < -0.3 is 10.1 Å². The van der Waals surface area contributed by atoms with Crippen LogP contribution in [0.1, 0.15) is 48.4 Å². The number of esters is 1. The van der Waals surface area contributed by atoms with E-state index in [0.717, 1.165) is 4.90 Å². The number of hydrogen-bond acceptors (Lipinski definition) is 6. The van der Waals surface area contributed by atoms with Crippen LogP contribution in [-0.4, -0.2) is 58.3 Å². The molecule has 0 spiro atoms. The Morgan fingerprint density at radius 2 is 1.67 bits per heavy atom. The van der Waals surface area contributed by atoms with Crippen LogP contribution in [-0.2, 0) is 14.3 Å². The van der Waals surface area contributed by atoms with Crippen molar-refractivity contribution in [1.29, 1.82) is 0 Å². The largest absolute Gasteiger partial charge is 0.451 e. The van der Waals surface area contributed by atoms with E-state index >= 15 is 0 Å². The van der Waals surface area contributed by atoms with Gasteiger partial charge >= 0.3 is 5.97 Å². The van der Waals surface area contributed by atoms with E-state index in [9.17, 15) is 19.2 Å². The number of imide groups is 1. The molecule has 3 amide bonds. The van der Waals surface area contributed by atoms with Gasteiger partial charge in [-0.15, -0.1) is 0 Å². The number of carbonyl (C=O) groups excluding carboxylic acids is 4. The van der Waals surface area contributed by atoms with Crippen LogP contribution in [0.2, 0.25) is 0 Å². The average Bonchev–Trinajstić information content (AvgIpc) is 2.83. The summed E-state index contributed by atoms with van der Waals surface area (Å²) in [5.74, 6) is -2.11. The van der Waals surface area contributed by atoms with E-state index < -0.39 is 41.4 Å². The molecule has 1 N–H and O–H groups in total. The lowest BCUT2D eigenvalue weighted by atomic mass is 10.1. The molecule has 0 radical (unpaired) electrons. The molecule has 1 aliphatic heterocycles. The van der Waals surface area contributed by atoms with Crippen molar-refractivity contribution in [2.75, 3.05) is 12.0 Å². The number of thioether (sulfide) groups is 1. The Kier molecular flexibility index (Phi) is 6.30. The molecule has 0 aromatic heterocycles. The van der Waals surface area contributed by atoms with Crippen molar-refractivity contribution < 1.29 is 23.9 Å². The van der Waals surface area contributed by atoms with Crippen LogP contribution in [0.5, 0.6) is 0 Å². The molecule has 7 nitrogen and oxygen atoms in total. The fourth-order valence-electron chi connectivity index (χ4n) is 2.67. The van der Waals surface area contributed by atoms with Crippen molar-refractivity contribution in [1.82, 2.24) is 10.2 Å². The number of nitrogens with one attached hydrogen (secondary N) is 1. The molecular weight excluding hydrogens is 368 g/mol. The average molecular weight is 392 g/mol. The van der Waals surface area contributed by atoms with E-state index in [1.54, 1.807) is 30.5 Å². The van der Waals surface area contributed by atoms with Gasteiger partial charge in [0.2, 0.25) is 0 Å². The molecule has 1 aromatic rings. The predicted octanol–water partition coefficient (Wildman–Crippen LogP) is 1.86. The topological polar surface area (TPSA) is 92.8 Å². The first-order chi connectivity index (χ1) is 12.6. The molecule has 1 aromatic carbocycles. The third-order valence-corrected chi connectivity index (χ3v) is 4.54. The highest BCUT2D eigenvalue weighted by Gasteiger charge is 2.43. The summed E-state index contributed by atoms with van der Waals surface area (Å²) in [5, 5.41) is 2.73. The standard InChI is InChI=1S/C19H24N2O5S/c1-11(15(22)20-19(2,3)4)26-18(25)14(10-27-5)21-16(23)12-8-6-7-9-13(12)17(21)24/h6-9,11,14H,10H2,1-5H3,(H,20,22)/t11-,14-/m1/s1. The van der Waals surface area contributed by atoms with Crippen molar-refractivity contribution >= 4 is 35.5 Å². The highest BCUT2D eigenvalue weighted by Crippen LogP contribution is 2.26. The molecule has 1 aliphatic rings. The van der Waals surface area contributed by atoms with Crippen LogP contribution >= 0.6 is 11.8 Å². The highest BCUT2D eigenvalue weighted by molar-refractivity contribution is 7.98. The second kappa shape index (κ2) is 8.12. The Morgan fingerprint density at radius 1 is 1.15 bits per heavy atom. The molecule has 0 saturated heterocycles. The van der Waals surface area contributed by atoms with E-state index in [4.69, 9.17) is 4.74 Å². The number of hydrogen-bond donors (Lipinski definition) is 1. The van der Waals surface area contributed by atoms with E-state index in [1.807, 2.05) is 20.8 Å². The van der Waals surface area contributed by atoms with Gasteiger partial charge in [0.1, 0.15) is 6.04 Å². The monoisotopic (exact) mass is 392 g/mol. The quantitative estimate of drug-likeness (QED) is 0.587. The zero-order valence-corrected chi connectivity index (χ0v) is 16.9. The van der Waals surface area contributed by atoms with E-state index in [1.165, 1.54) is 18.7 Å². The minimum Gasteiger partial charge on any atom is -0.451 e. The van der Waals surface area contributed by atoms with E-state index in [-0.39, 0.29) is 16.9 Å². The normalized spacial score (nSPS) is 16.0. The fourth-order valence-corrected chi connectivity index (χ4v) is 3.28. The molecule has 0 aliphatic carbocycles. The molecule has 8 heteroatoms. The molecular formula is C19H24N2O5S. The Bertz CT molecular complexity index is 737. The lowest BCUT2D eigenvalue weighted by Crippen LogP contribution is -2.50. The molecule has 0 unspecified atom stereocenters. The number of ether oxygens (including phenoxy) is 1. The van der Waals surface area contributed by atoms with Crippen molar-refractivity contribution in [3.63, 3.8) is 0 Å². The van der Waals surface area contributed by atoms with Gasteiger partial charge in [0.05, 0.1) is 11.1 Å². The summed E-state index contributed by atoms with van der Waals surface area (Å²) < 4.78 is 5.27. The minimum atomic E-state index is -1.10. The van der Waals surface area contributed by atoms with Gasteiger partial charge in [-0.3, -0.25) is 19.3 Å². The Hall–Kier alpha value is -2.35. The molecule has 27 heavy (non-hydrogen) atoms. The maximum absolute atomic E-state index is 12.7. The summed E-state index contributed by atoms with van der Waals surface area (Å²) in [6.45, 7) is 6.90. The zero-order valence-electron chi connectivity index (χ0n) is 16.1. The highest BCUT2D eigenvalue weighted by atomic mass is 32.2. The van der Waals surface area contributed by atoms with Crippen molar-refractivity contribution in [3.05, 3.63) is 35.4 Å². The smallest absolute Gasteiger partial charge is 0.331 e. The lowest BCUT2D eigenvalue weighted by Gasteiger charge is -2.27. The molecule has 0 saturated carbocycles. The lowest BCUT2D eigenvalue weighted by molar-refractivity contribution is -0.158. The van der Waals surface area contributed by atoms with Gasteiger partial charge in [-0.2, -0.15) is 11.8 Å². The number of benzene rings is 1. The maximum Gasteiger partial charge on any atom is 0.331 e. The first-order valence-corrected chi connectivity index (χ1v) is 9.94. The maximum atomic E-state index is 12.7.